The van der Waals surface area contributed by atoms with Gasteiger partial charge in [0.15, 0.2) is 0 Å². The lowest BCUT2D eigenvalue weighted by Gasteiger charge is -2.30. The molecule has 3 nitrogen and oxygen atoms in total. The molecule has 0 spiro atoms. The van der Waals surface area contributed by atoms with Crippen LogP contribution in [0.4, 0.5) is 5.69 Å². The molecule has 1 aliphatic rings. The first-order valence-corrected chi connectivity index (χ1v) is 7.78. The zero-order chi connectivity index (χ0) is 14.2. The zero-order valence-electron chi connectivity index (χ0n) is 12.3. The highest BCUT2D eigenvalue weighted by Crippen LogP contribution is 2.29. The van der Waals surface area contributed by atoms with E-state index in [4.69, 9.17) is 4.74 Å². The lowest BCUT2D eigenvalue weighted by Crippen LogP contribution is -2.30. The van der Waals surface area contributed by atoms with E-state index in [2.05, 4.69) is 12.2 Å². The van der Waals surface area contributed by atoms with Crippen LogP contribution >= 0.6 is 0 Å². The van der Waals surface area contributed by atoms with E-state index in [0.717, 1.165) is 18.5 Å². The second kappa shape index (κ2) is 7.93. The number of hydrogen-bond acceptors (Lipinski definition) is 3. The van der Waals surface area contributed by atoms with Crippen molar-refractivity contribution >= 4 is 11.7 Å². The fraction of sp³-hybridized carbons (Fsp3) is 0.588. The predicted molar refractivity (Wildman–Crippen MR) is 81.7 cm³/mol. The maximum Gasteiger partial charge on any atom is 0.307 e. The van der Waals surface area contributed by atoms with Crippen LogP contribution in [-0.4, -0.2) is 18.6 Å². The molecule has 2 rings (SSSR count). The Kier molecular flexibility index (Phi) is 5.90. The molecular formula is C17H25NO2. The quantitative estimate of drug-likeness (QED) is 0.797. The van der Waals surface area contributed by atoms with Crippen molar-refractivity contribution in [2.75, 3.05) is 11.9 Å². The Morgan fingerprint density at radius 1 is 1.25 bits per heavy atom. The molecule has 1 aromatic rings. The maximum atomic E-state index is 11.9. The number of benzene rings is 1. The molecule has 0 heterocycles. The second-order valence-electron chi connectivity index (χ2n) is 5.52. The Hall–Kier alpha value is -1.51. The maximum absolute atomic E-state index is 11.9. The molecule has 110 valence electrons. The molecule has 0 saturated heterocycles. The van der Waals surface area contributed by atoms with Crippen molar-refractivity contribution in [1.82, 2.24) is 0 Å². The SMILES string of the molecule is CCC1CCCCC1OC(=O)CCNc1ccccc1. The van der Waals surface area contributed by atoms with Crippen molar-refractivity contribution in [3.05, 3.63) is 30.3 Å². The molecule has 1 N–H and O–H groups in total. The van der Waals surface area contributed by atoms with Gasteiger partial charge in [-0.25, -0.2) is 0 Å². The summed E-state index contributed by atoms with van der Waals surface area (Å²) < 4.78 is 5.65. The number of esters is 1. The van der Waals surface area contributed by atoms with Gasteiger partial charge in [-0.2, -0.15) is 0 Å². The summed E-state index contributed by atoms with van der Waals surface area (Å²) >= 11 is 0. The highest BCUT2D eigenvalue weighted by Gasteiger charge is 2.26. The fourth-order valence-electron chi connectivity index (χ4n) is 2.89. The number of rotatable bonds is 6. The van der Waals surface area contributed by atoms with Gasteiger partial charge in [-0.15, -0.1) is 0 Å². The Morgan fingerprint density at radius 3 is 2.75 bits per heavy atom. The van der Waals surface area contributed by atoms with Crippen molar-refractivity contribution < 1.29 is 9.53 Å². The monoisotopic (exact) mass is 275 g/mol. The average Bonchev–Trinajstić information content (AvgIpc) is 2.49. The molecule has 1 saturated carbocycles. The van der Waals surface area contributed by atoms with E-state index >= 15 is 0 Å². The minimum atomic E-state index is -0.0706. The first-order chi connectivity index (χ1) is 9.79. The van der Waals surface area contributed by atoms with E-state index in [1.807, 2.05) is 30.3 Å². The summed E-state index contributed by atoms with van der Waals surface area (Å²) in [5.41, 5.74) is 1.05. The van der Waals surface area contributed by atoms with Gasteiger partial charge in [0, 0.05) is 12.2 Å². The number of carbonyl (C=O) groups excluding carboxylic acids is 1. The normalized spacial score (nSPS) is 22.2. The second-order valence-corrected chi connectivity index (χ2v) is 5.52. The topological polar surface area (TPSA) is 38.3 Å². The molecule has 0 radical (unpaired) electrons. The van der Waals surface area contributed by atoms with Crippen molar-refractivity contribution in [2.45, 2.75) is 51.6 Å². The summed E-state index contributed by atoms with van der Waals surface area (Å²) in [5.74, 6) is 0.494. The number of anilines is 1. The Bertz CT molecular complexity index is 405. The summed E-state index contributed by atoms with van der Waals surface area (Å²) in [6.07, 6.45) is 6.41. The summed E-state index contributed by atoms with van der Waals surface area (Å²) in [7, 11) is 0. The molecule has 0 aliphatic heterocycles. The summed E-state index contributed by atoms with van der Waals surface area (Å²) in [6, 6.07) is 9.94. The van der Waals surface area contributed by atoms with E-state index in [9.17, 15) is 4.79 Å². The standard InChI is InChI=1S/C17H25NO2/c1-2-14-8-6-7-11-16(14)20-17(19)12-13-18-15-9-4-3-5-10-15/h3-5,9-10,14,16,18H,2,6-8,11-13H2,1H3. The number of para-hydroxylation sites is 1. The van der Waals surface area contributed by atoms with Gasteiger partial charge >= 0.3 is 5.97 Å². The lowest BCUT2D eigenvalue weighted by atomic mass is 9.85. The third-order valence-corrected chi connectivity index (χ3v) is 4.08. The molecule has 3 heteroatoms. The van der Waals surface area contributed by atoms with Crippen LogP contribution in [0.15, 0.2) is 30.3 Å². The van der Waals surface area contributed by atoms with Crippen molar-refractivity contribution in [3.63, 3.8) is 0 Å². The summed E-state index contributed by atoms with van der Waals surface area (Å²) in [5, 5.41) is 3.24. The van der Waals surface area contributed by atoms with Gasteiger partial charge in [-0.3, -0.25) is 4.79 Å². The minimum Gasteiger partial charge on any atom is -0.462 e. The van der Waals surface area contributed by atoms with Crippen LogP contribution in [0.2, 0.25) is 0 Å². The van der Waals surface area contributed by atoms with Gasteiger partial charge in [0.25, 0.3) is 0 Å². The molecule has 2 atom stereocenters. The van der Waals surface area contributed by atoms with Crippen LogP contribution in [0, 0.1) is 5.92 Å². The van der Waals surface area contributed by atoms with Crippen LogP contribution in [0.5, 0.6) is 0 Å². The fourth-order valence-corrected chi connectivity index (χ4v) is 2.89. The molecule has 0 bridgehead atoms. The van der Waals surface area contributed by atoms with Gasteiger partial charge in [0.2, 0.25) is 0 Å². The van der Waals surface area contributed by atoms with E-state index in [1.165, 1.54) is 19.3 Å². The smallest absolute Gasteiger partial charge is 0.307 e. The molecule has 1 aliphatic carbocycles. The molecule has 20 heavy (non-hydrogen) atoms. The van der Waals surface area contributed by atoms with Crippen LogP contribution in [0.3, 0.4) is 0 Å². The Morgan fingerprint density at radius 2 is 2.00 bits per heavy atom. The minimum absolute atomic E-state index is 0.0706. The highest BCUT2D eigenvalue weighted by atomic mass is 16.5. The molecule has 1 aromatic carbocycles. The van der Waals surface area contributed by atoms with Crippen LogP contribution < -0.4 is 5.32 Å². The van der Waals surface area contributed by atoms with Crippen molar-refractivity contribution in [2.24, 2.45) is 5.92 Å². The van der Waals surface area contributed by atoms with Gasteiger partial charge < -0.3 is 10.1 Å². The number of hydrogen-bond donors (Lipinski definition) is 1. The number of nitrogens with one attached hydrogen (secondary N) is 1. The van der Waals surface area contributed by atoms with Gasteiger partial charge in [0.05, 0.1) is 6.42 Å². The highest BCUT2D eigenvalue weighted by molar-refractivity contribution is 5.70. The van der Waals surface area contributed by atoms with E-state index < -0.39 is 0 Å². The Balaban J connectivity index is 1.69. The lowest BCUT2D eigenvalue weighted by molar-refractivity contribution is -0.153. The van der Waals surface area contributed by atoms with E-state index in [-0.39, 0.29) is 12.1 Å². The Labute approximate surface area is 121 Å². The molecule has 0 amide bonds. The first kappa shape index (κ1) is 14.9. The summed E-state index contributed by atoms with van der Waals surface area (Å²) in [6.45, 7) is 2.82. The molecular weight excluding hydrogens is 250 g/mol. The van der Waals surface area contributed by atoms with Gasteiger partial charge in [0.1, 0.15) is 6.10 Å². The summed E-state index contributed by atoms with van der Waals surface area (Å²) in [4.78, 5) is 11.9. The third-order valence-electron chi connectivity index (χ3n) is 4.08. The van der Waals surface area contributed by atoms with Crippen molar-refractivity contribution in [1.29, 1.82) is 0 Å². The zero-order valence-corrected chi connectivity index (χ0v) is 12.3. The largest absolute Gasteiger partial charge is 0.462 e. The molecule has 2 unspecified atom stereocenters. The van der Waals surface area contributed by atoms with Gasteiger partial charge in [-0.1, -0.05) is 31.5 Å². The van der Waals surface area contributed by atoms with Crippen LogP contribution in [0.25, 0.3) is 0 Å². The van der Waals surface area contributed by atoms with Gasteiger partial charge in [-0.05, 0) is 43.7 Å². The van der Waals surface area contributed by atoms with E-state index in [1.54, 1.807) is 0 Å². The predicted octanol–water partition coefficient (Wildman–Crippen LogP) is 4.00. The van der Waals surface area contributed by atoms with E-state index in [0.29, 0.717) is 18.9 Å². The third kappa shape index (κ3) is 4.55. The number of carbonyl (C=O) groups is 1. The molecule has 1 fully saturated rings. The van der Waals surface area contributed by atoms with Crippen LogP contribution in [0.1, 0.15) is 45.4 Å². The number of ether oxygens (including phenoxy) is 1. The molecule has 0 aromatic heterocycles. The average molecular weight is 275 g/mol. The van der Waals surface area contributed by atoms with Crippen molar-refractivity contribution in [3.8, 4) is 0 Å². The van der Waals surface area contributed by atoms with Crippen LogP contribution in [-0.2, 0) is 9.53 Å². The first-order valence-electron chi connectivity index (χ1n) is 7.78.